The van der Waals surface area contributed by atoms with Crippen molar-refractivity contribution in [3.63, 3.8) is 0 Å². The number of carbonyl (C=O) groups excluding carboxylic acids is 2. The van der Waals surface area contributed by atoms with E-state index in [4.69, 9.17) is 33.0 Å². The highest BCUT2D eigenvalue weighted by atomic mass is 35.5. The normalized spacial score (nSPS) is 24.7. The first-order chi connectivity index (χ1) is 18.4. The van der Waals surface area contributed by atoms with Crippen LogP contribution in [0.2, 0.25) is 10.0 Å². The first-order valence-electron chi connectivity index (χ1n) is 13.4. The lowest BCUT2D eigenvalue weighted by atomic mass is 9.77. The Morgan fingerprint density at radius 3 is 2.45 bits per heavy atom. The molecule has 2 fully saturated rings. The summed E-state index contributed by atoms with van der Waals surface area (Å²) in [6.07, 6.45) is 6.74. The van der Waals surface area contributed by atoms with Gasteiger partial charge in [-0.2, -0.15) is 5.10 Å². The van der Waals surface area contributed by atoms with Crippen LogP contribution in [0.3, 0.4) is 0 Å². The maximum atomic E-state index is 13.8. The van der Waals surface area contributed by atoms with Crippen molar-refractivity contribution in [3.05, 3.63) is 75.3 Å². The summed E-state index contributed by atoms with van der Waals surface area (Å²) in [6, 6.07) is 15.3. The molecule has 200 valence electrons. The number of nitrogens with zero attached hydrogens (tertiary/aromatic N) is 3. The summed E-state index contributed by atoms with van der Waals surface area (Å²) in [5, 5.41) is 8.05. The number of likely N-dealkylation sites (tertiary alicyclic amines) is 1. The van der Waals surface area contributed by atoms with Crippen LogP contribution in [0.25, 0.3) is 6.08 Å². The molecule has 1 amide bonds. The van der Waals surface area contributed by atoms with Crippen LogP contribution in [0.1, 0.15) is 56.2 Å². The molecule has 1 aliphatic carbocycles. The summed E-state index contributed by atoms with van der Waals surface area (Å²) in [5.41, 5.74) is 4.25. The molecule has 3 aliphatic rings. The number of carbonyl (C=O) groups is 2. The number of benzene rings is 2. The van der Waals surface area contributed by atoms with E-state index in [1.807, 2.05) is 55.5 Å². The quantitative estimate of drug-likeness (QED) is 0.388. The van der Waals surface area contributed by atoms with Gasteiger partial charge in [0.1, 0.15) is 0 Å². The summed E-state index contributed by atoms with van der Waals surface area (Å²) in [4.78, 5) is 28.2. The zero-order valence-corrected chi connectivity index (χ0v) is 23.1. The number of hydrogen-bond acceptors (Lipinski definition) is 5. The number of allylic oxidation sites excluding steroid dienone is 1. The molecule has 3 unspecified atom stereocenters. The largest absolute Gasteiger partial charge is 0.466 e. The third-order valence-corrected chi connectivity index (χ3v) is 8.17. The number of rotatable bonds is 6. The molecule has 1 saturated carbocycles. The number of ether oxygens (including phenoxy) is 1. The van der Waals surface area contributed by atoms with Crippen molar-refractivity contribution in [2.45, 2.75) is 45.1 Å². The monoisotopic (exact) mass is 553 g/mol. The predicted molar refractivity (Wildman–Crippen MR) is 151 cm³/mol. The SMILES string of the molecule is CCOC(=O)C1CCCN(CC(=O)N2N=C3/C(=C/c4ccc(Cl)cc4)CCCC3C2c2ccc(Cl)cc2)C1. The lowest BCUT2D eigenvalue weighted by Crippen LogP contribution is -2.45. The van der Waals surface area contributed by atoms with Crippen LogP contribution in [-0.2, 0) is 14.3 Å². The van der Waals surface area contributed by atoms with E-state index in [-0.39, 0.29) is 36.3 Å². The van der Waals surface area contributed by atoms with E-state index < -0.39 is 0 Å². The second kappa shape index (κ2) is 12.0. The minimum absolute atomic E-state index is 0.0535. The molecular formula is C30H33Cl2N3O3. The Morgan fingerprint density at radius 1 is 1.03 bits per heavy atom. The second-order valence-corrected chi connectivity index (χ2v) is 11.1. The molecular weight excluding hydrogens is 521 g/mol. The van der Waals surface area contributed by atoms with Crippen molar-refractivity contribution in [1.29, 1.82) is 0 Å². The van der Waals surface area contributed by atoms with Crippen molar-refractivity contribution in [3.8, 4) is 0 Å². The van der Waals surface area contributed by atoms with Gasteiger partial charge < -0.3 is 4.74 Å². The number of amides is 1. The predicted octanol–water partition coefficient (Wildman–Crippen LogP) is 6.39. The van der Waals surface area contributed by atoms with E-state index in [2.05, 4.69) is 11.0 Å². The Morgan fingerprint density at radius 2 is 1.74 bits per heavy atom. The topological polar surface area (TPSA) is 62.2 Å². The van der Waals surface area contributed by atoms with E-state index in [1.54, 1.807) is 5.01 Å². The lowest BCUT2D eigenvalue weighted by molar-refractivity contribution is -0.151. The van der Waals surface area contributed by atoms with Gasteiger partial charge in [0, 0.05) is 22.5 Å². The molecule has 0 aromatic heterocycles. The number of fused-ring (bicyclic) bond motifs is 1. The first-order valence-corrected chi connectivity index (χ1v) is 14.2. The zero-order valence-electron chi connectivity index (χ0n) is 21.6. The van der Waals surface area contributed by atoms with Gasteiger partial charge in [-0.1, -0.05) is 47.5 Å². The average molecular weight is 555 g/mol. The van der Waals surface area contributed by atoms with Crippen LogP contribution in [0.15, 0.2) is 59.2 Å². The van der Waals surface area contributed by atoms with Gasteiger partial charge in [-0.25, -0.2) is 5.01 Å². The molecule has 5 rings (SSSR count). The fourth-order valence-corrected chi connectivity index (χ4v) is 6.13. The fourth-order valence-electron chi connectivity index (χ4n) is 5.88. The molecule has 8 heteroatoms. The van der Waals surface area contributed by atoms with E-state index in [0.717, 1.165) is 61.1 Å². The van der Waals surface area contributed by atoms with Crippen LogP contribution < -0.4 is 0 Å². The Balaban J connectivity index is 1.42. The van der Waals surface area contributed by atoms with Crippen molar-refractivity contribution >= 4 is 46.9 Å². The van der Waals surface area contributed by atoms with Crippen LogP contribution in [-0.4, -0.2) is 53.7 Å². The van der Waals surface area contributed by atoms with Gasteiger partial charge in [0.2, 0.25) is 0 Å². The molecule has 3 atom stereocenters. The van der Waals surface area contributed by atoms with Gasteiger partial charge in [0.25, 0.3) is 5.91 Å². The van der Waals surface area contributed by atoms with Gasteiger partial charge in [-0.3, -0.25) is 14.5 Å². The summed E-state index contributed by atoms with van der Waals surface area (Å²) in [5.74, 6) is -0.304. The number of hydrazone groups is 1. The molecule has 0 radical (unpaired) electrons. The summed E-state index contributed by atoms with van der Waals surface area (Å²) in [6.45, 7) is 3.73. The van der Waals surface area contributed by atoms with Crippen molar-refractivity contribution in [2.24, 2.45) is 16.9 Å². The number of esters is 1. The smallest absolute Gasteiger partial charge is 0.310 e. The molecule has 0 spiro atoms. The fraction of sp³-hybridized carbons (Fsp3) is 0.433. The number of hydrogen-bond donors (Lipinski definition) is 0. The van der Waals surface area contributed by atoms with Crippen LogP contribution in [0.5, 0.6) is 0 Å². The van der Waals surface area contributed by atoms with Gasteiger partial charge in [0.15, 0.2) is 0 Å². The highest BCUT2D eigenvalue weighted by Gasteiger charge is 2.44. The minimum atomic E-state index is -0.190. The minimum Gasteiger partial charge on any atom is -0.466 e. The third kappa shape index (κ3) is 5.98. The molecule has 0 N–H and O–H groups in total. The number of halogens is 2. The molecule has 1 saturated heterocycles. The van der Waals surface area contributed by atoms with Crippen LogP contribution in [0.4, 0.5) is 0 Å². The second-order valence-electron chi connectivity index (χ2n) is 10.3. The van der Waals surface area contributed by atoms with Gasteiger partial charge in [-0.15, -0.1) is 0 Å². The lowest BCUT2D eigenvalue weighted by Gasteiger charge is -2.33. The van der Waals surface area contributed by atoms with Gasteiger partial charge >= 0.3 is 5.97 Å². The molecule has 2 aliphatic heterocycles. The molecule has 38 heavy (non-hydrogen) atoms. The highest BCUT2D eigenvalue weighted by molar-refractivity contribution is 6.30. The molecule has 6 nitrogen and oxygen atoms in total. The Hall–Kier alpha value is -2.67. The van der Waals surface area contributed by atoms with E-state index in [9.17, 15) is 9.59 Å². The van der Waals surface area contributed by atoms with Crippen molar-refractivity contribution in [2.75, 3.05) is 26.2 Å². The molecule has 2 heterocycles. The maximum absolute atomic E-state index is 13.8. The van der Waals surface area contributed by atoms with Crippen LogP contribution in [0, 0.1) is 11.8 Å². The Bertz CT molecular complexity index is 1230. The molecule has 2 aromatic rings. The first kappa shape index (κ1) is 26.9. The zero-order chi connectivity index (χ0) is 26.6. The summed E-state index contributed by atoms with van der Waals surface area (Å²) >= 11 is 12.3. The van der Waals surface area contributed by atoms with Gasteiger partial charge in [0.05, 0.1) is 30.8 Å². The summed E-state index contributed by atoms with van der Waals surface area (Å²) in [7, 11) is 0. The van der Waals surface area contributed by atoms with E-state index >= 15 is 0 Å². The number of piperidine rings is 1. The van der Waals surface area contributed by atoms with Crippen molar-refractivity contribution in [1.82, 2.24) is 9.91 Å². The highest BCUT2D eigenvalue weighted by Crippen LogP contribution is 2.44. The molecule has 0 bridgehead atoms. The maximum Gasteiger partial charge on any atom is 0.310 e. The standard InChI is InChI=1S/C30H33Cl2N3O3/c1-2-38-30(37)23-6-4-16-34(18-23)19-27(36)35-29(21-10-14-25(32)15-11-21)26-7-3-5-22(28(26)33-35)17-20-8-12-24(31)13-9-20/h8-15,17,23,26,29H,2-7,16,18-19H2,1H3/b22-17+. The molecule has 2 aromatic carbocycles. The van der Waals surface area contributed by atoms with Gasteiger partial charge in [-0.05, 0) is 92.6 Å². The third-order valence-electron chi connectivity index (χ3n) is 7.66. The Kier molecular flexibility index (Phi) is 8.51. The Labute approximate surface area is 234 Å². The van der Waals surface area contributed by atoms with Crippen molar-refractivity contribution < 1.29 is 14.3 Å². The van der Waals surface area contributed by atoms with Crippen LogP contribution >= 0.6 is 23.2 Å². The average Bonchev–Trinajstić information content (AvgIpc) is 3.32. The van der Waals surface area contributed by atoms with E-state index in [1.165, 1.54) is 0 Å². The summed E-state index contributed by atoms with van der Waals surface area (Å²) < 4.78 is 5.24. The van der Waals surface area contributed by atoms with E-state index in [0.29, 0.717) is 23.2 Å².